The molecule has 0 fully saturated rings. The Morgan fingerprint density at radius 3 is 2.67 bits per heavy atom. The van der Waals surface area contributed by atoms with E-state index in [4.69, 9.17) is 4.74 Å². The molecule has 2 aromatic rings. The average Bonchev–Trinajstić information content (AvgIpc) is 2.37. The average molecular weight is 245 g/mol. The van der Waals surface area contributed by atoms with Crippen molar-refractivity contribution in [3.63, 3.8) is 0 Å². The van der Waals surface area contributed by atoms with Crippen molar-refractivity contribution in [2.24, 2.45) is 0 Å². The SMILES string of the molecule is COc1ccc(C(=O)c2ccnc(C)c2)c(F)c1. The molecule has 0 spiro atoms. The number of benzene rings is 1. The highest BCUT2D eigenvalue weighted by Gasteiger charge is 2.14. The van der Waals surface area contributed by atoms with Gasteiger partial charge in [0.25, 0.3) is 0 Å². The fourth-order valence-electron chi connectivity index (χ4n) is 1.65. The monoisotopic (exact) mass is 245 g/mol. The predicted molar refractivity (Wildman–Crippen MR) is 65.4 cm³/mol. The van der Waals surface area contributed by atoms with Crippen LogP contribution in [0.2, 0.25) is 0 Å². The molecule has 1 aromatic carbocycles. The Morgan fingerprint density at radius 1 is 1.28 bits per heavy atom. The van der Waals surface area contributed by atoms with Crippen LogP contribution >= 0.6 is 0 Å². The number of hydrogen-bond donors (Lipinski definition) is 0. The molecule has 0 radical (unpaired) electrons. The van der Waals surface area contributed by atoms with Crippen LogP contribution in [0, 0.1) is 12.7 Å². The van der Waals surface area contributed by atoms with Crippen LogP contribution in [0.25, 0.3) is 0 Å². The van der Waals surface area contributed by atoms with Crippen LogP contribution in [0.4, 0.5) is 4.39 Å². The van der Waals surface area contributed by atoms with Crippen LogP contribution in [-0.4, -0.2) is 17.9 Å². The number of carbonyl (C=O) groups is 1. The minimum atomic E-state index is -0.589. The van der Waals surface area contributed by atoms with E-state index >= 15 is 0 Å². The highest BCUT2D eigenvalue weighted by molar-refractivity contribution is 6.09. The summed E-state index contributed by atoms with van der Waals surface area (Å²) in [7, 11) is 1.45. The first-order valence-electron chi connectivity index (χ1n) is 5.42. The Morgan fingerprint density at radius 2 is 2.06 bits per heavy atom. The van der Waals surface area contributed by atoms with Gasteiger partial charge in [-0.3, -0.25) is 9.78 Å². The number of nitrogens with zero attached hydrogens (tertiary/aromatic N) is 1. The van der Waals surface area contributed by atoms with Crippen molar-refractivity contribution in [1.29, 1.82) is 0 Å². The van der Waals surface area contributed by atoms with Gasteiger partial charge < -0.3 is 4.74 Å². The van der Waals surface area contributed by atoms with Crippen molar-refractivity contribution < 1.29 is 13.9 Å². The number of rotatable bonds is 3. The lowest BCUT2D eigenvalue weighted by Gasteiger charge is -2.05. The van der Waals surface area contributed by atoms with E-state index in [1.165, 1.54) is 25.4 Å². The maximum atomic E-state index is 13.8. The second-order valence-electron chi connectivity index (χ2n) is 3.86. The number of ether oxygens (including phenoxy) is 1. The summed E-state index contributed by atoms with van der Waals surface area (Å²) in [6.45, 7) is 1.78. The third kappa shape index (κ3) is 2.37. The summed E-state index contributed by atoms with van der Waals surface area (Å²) in [4.78, 5) is 16.1. The molecule has 1 heterocycles. The van der Waals surface area contributed by atoms with E-state index < -0.39 is 5.82 Å². The fraction of sp³-hybridized carbons (Fsp3) is 0.143. The molecule has 0 aliphatic heterocycles. The Bertz CT molecular complexity index is 596. The van der Waals surface area contributed by atoms with Gasteiger partial charge in [-0.25, -0.2) is 4.39 Å². The highest BCUT2D eigenvalue weighted by Crippen LogP contribution is 2.19. The first-order valence-corrected chi connectivity index (χ1v) is 5.42. The Kier molecular flexibility index (Phi) is 3.37. The van der Waals surface area contributed by atoms with E-state index in [-0.39, 0.29) is 11.3 Å². The van der Waals surface area contributed by atoms with Crippen LogP contribution in [0.15, 0.2) is 36.5 Å². The first kappa shape index (κ1) is 12.2. The molecular weight excluding hydrogens is 233 g/mol. The van der Waals surface area contributed by atoms with E-state index in [9.17, 15) is 9.18 Å². The second-order valence-corrected chi connectivity index (χ2v) is 3.86. The minimum Gasteiger partial charge on any atom is -0.497 e. The molecule has 0 N–H and O–H groups in total. The molecule has 2 rings (SSSR count). The number of aromatic nitrogens is 1. The van der Waals surface area contributed by atoms with E-state index in [1.807, 2.05) is 0 Å². The molecule has 0 unspecified atom stereocenters. The molecule has 92 valence electrons. The van der Waals surface area contributed by atoms with Gasteiger partial charge in [0, 0.05) is 23.5 Å². The molecule has 4 heteroatoms. The first-order chi connectivity index (χ1) is 8.61. The number of methoxy groups -OCH3 is 1. The summed E-state index contributed by atoms with van der Waals surface area (Å²) in [5, 5.41) is 0. The largest absolute Gasteiger partial charge is 0.497 e. The lowest BCUT2D eigenvalue weighted by atomic mass is 10.0. The lowest BCUT2D eigenvalue weighted by Crippen LogP contribution is -2.05. The molecule has 3 nitrogen and oxygen atoms in total. The highest BCUT2D eigenvalue weighted by atomic mass is 19.1. The van der Waals surface area contributed by atoms with Gasteiger partial charge in [0.05, 0.1) is 12.7 Å². The normalized spacial score (nSPS) is 10.2. The molecule has 1 aromatic heterocycles. The van der Waals surface area contributed by atoms with Crippen molar-refractivity contribution in [3.05, 3.63) is 59.2 Å². The summed E-state index contributed by atoms with van der Waals surface area (Å²) in [6, 6.07) is 7.38. The van der Waals surface area contributed by atoms with Crippen LogP contribution in [0.3, 0.4) is 0 Å². The smallest absolute Gasteiger partial charge is 0.196 e. The third-order valence-electron chi connectivity index (χ3n) is 2.58. The molecule has 0 amide bonds. The van der Waals surface area contributed by atoms with Gasteiger partial charge in [-0.1, -0.05) is 0 Å². The lowest BCUT2D eigenvalue weighted by molar-refractivity contribution is 0.103. The van der Waals surface area contributed by atoms with Gasteiger partial charge in [-0.2, -0.15) is 0 Å². The van der Waals surface area contributed by atoms with Gasteiger partial charge in [-0.15, -0.1) is 0 Å². The Hall–Kier alpha value is -2.23. The quantitative estimate of drug-likeness (QED) is 0.780. The van der Waals surface area contributed by atoms with E-state index in [0.717, 1.165) is 5.69 Å². The number of carbonyl (C=O) groups excluding carboxylic acids is 1. The number of pyridine rings is 1. The number of hydrogen-bond acceptors (Lipinski definition) is 3. The van der Waals surface area contributed by atoms with E-state index in [2.05, 4.69) is 4.98 Å². The summed E-state index contributed by atoms with van der Waals surface area (Å²) in [5.41, 5.74) is 1.17. The van der Waals surface area contributed by atoms with Crippen LogP contribution in [0.5, 0.6) is 5.75 Å². The molecular formula is C14H12FNO2. The summed E-state index contributed by atoms with van der Waals surface area (Å²) < 4.78 is 18.7. The maximum absolute atomic E-state index is 13.8. The topological polar surface area (TPSA) is 39.2 Å². The van der Waals surface area contributed by atoms with Crippen molar-refractivity contribution in [3.8, 4) is 5.75 Å². The van der Waals surface area contributed by atoms with Crippen molar-refractivity contribution >= 4 is 5.78 Å². The molecule has 18 heavy (non-hydrogen) atoms. The molecule has 0 bridgehead atoms. The Balaban J connectivity index is 2.40. The van der Waals surface area contributed by atoms with Crippen LogP contribution in [-0.2, 0) is 0 Å². The molecule has 0 atom stereocenters. The van der Waals surface area contributed by atoms with Gasteiger partial charge >= 0.3 is 0 Å². The van der Waals surface area contributed by atoms with Gasteiger partial charge in [0.2, 0.25) is 0 Å². The zero-order chi connectivity index (χ0) is 13.1. The molecule has 0 aliphatic carbocycles. The second kappa shape index (κ2) is 4.96. The van der Waals surface area contributed by atoms with Crippen molar-refractivity contribution in [2.45, 2.75) is 6.92 Å². The molecule has 0 saturated heterocycles. The van der Waals surface area contributed by atoms with Gasteiger partial charge in [0.1, 0.15) is 11.6 Å². The Labute approximate surface area is 104 Å². The minimum absolute atomic E-state index is 0.0291. The van der Waals surface area contributed by atoms with Crippen LogP contribution < -0.4 is 4.74 Å². The summed E-state index contributed by atoms with van der Waals surface area (Å²) in [5.74, 6) is -0.565. The number of halogens is 1. The van der Waals surface area contributed by atoms with Gasteiger partial charge in [-0.05, 0) is 31.2 Å². The third-order valence-corrected chi connectivity index (χ3v) is 2.58. The van der Waals surface area contributed by atoms with Crippen molar-refractivity contribution in [2.75, 3.05) is 7.11 Å². The number of aryl methyl sites for hydroxylation is 1. The van der Waals surface area contributed by atoms with E-state index in [1.54, 1.807) is 25.1 Å². The standard InChI is InChI=1S/C14H12FNO2/c1-9-7-10(5-6-16-9)14(17)12-4-3-11(18-2)8-13(12)15/h3-8H,1-2H3. The maximum Gasteiger partial charge on any atom is 0.196 e. The zero-order valence-electron chi connectivity index (χ0n) is 10.1. The van der Waals surface area contributed by atoms with E-state index in [0.29, 0.717) is 11.3 Å². The van der Waals surface area contributed by atoms with Crippen molar-refractivity contribution in [1.82, 2.24) is 4.98 Å². The molecule has 0 saturated carbocycles. The summed E-state index contributed by atoms with van der Waals surface area (Å²) in [6.07, 6.45) is 1.53. The van der Waals surface area contributed by atoms with Crippen LogP contribution in [0.1, 0.15) is 21.6 Å². The predicted octanol–water partition coefficient (Wildman–Crippen LogP) is 2.77. The summed E-state index contributed by atoms with van der Waals surface area (Å²) >= 11 is 0. The van der Waals surface area contributed by atoms with Gasteiger partial charge in [0.15, 0.2) is 5.78 Å². The zero-order valence-corrected chi connectivity index (χ0v) is 10.1. The number of ketones is 1. The molecule has 0 aliphatic rings. The fourth-order valence-corrected chi connectivity index (χ4v) is 1.65.